The Morgan fingerprint density at radius 2 is 1.92 bits per heavy atom. The van der Waals surface area contributed by atoms with E-state index in [0.717, 1.165) is 0 Å². The number of halogens is 2. The molecule has 2 aromatic carbocycles. The number of carbonyl (C=O) groups is 1. The summed E-state index contributed by atoms with van der Waals surface area (Å²) in [6.07, 6.45) is 0.229. The van der Waals surface area contributed by atoms with Crippen molar-refractivity contribution in [3.05, 3.63) is 47.2 Å². The number of ether oxygens (including phenoxy) is 2. The maximum absolute atomic E-state index is 13.5. The molecule has 0 saturated heterocycles. The zero-order valence-corrected chi connectivity index (χ0v) is 14.8. The molecule has 0 saturated carbocycles. The smallest absolute Gasteiger partial charge is 0.225 e. The molecule has 1 N–H and O–H groups in total. The Labute approximate surface area is 149 Å². The van der Waals surface area contributed by atoms with Crippen LogP contribution in [-0.2, 0) is 4.79 Å². The summed E-state index contributed by atoms with van der Waals surface area (Å²) >= 11 is 7.32. The average molecular weight is 370 g/mol. The molecule has 0 spiro atoms. The van der Waals surface area contributed by atoms with Crippen molar-refractivity contribution in [2.75, 3.05) is 25.3 Å². The lowest BCUT2D eigenvalue weighted by molar-refractivity contribution is -0.115. The molecule has 0 fully saturated rings. The fraction of sp³-hybridized carbons (Fsp3) is 0.235. The number of benzene rings is 2. The molecule has 128 valence electrons. The molecule has 1 amide bonds. The second-order valence-corrected chi connectivity index (χ2v) is 6.31. The third-order valence-corrected chi connectivity index (χ3v) is 4.52. The molecule has 0 unspecified atom stereocenters. The van der Waals surface area contributed by atoms with Gasteiger partial charge in [0.2, 0.25) is 5.91 Å². The van der Waals surface area contributed by atoms with Crippen LogP contribution in [0.4, 0.5) is 10.1 Å². The maximum atomic E-state index is 13.5. The van der Waals surface area contributed by atoms with Gasteiger partial charge in [-0.1, -0.05) is 23.7 Å². The molecule has 2 aromatic rings. The molecule has 0 atom stereocenters. The molecular formula is C17H17ClFNO3S. The highest BCUT2D eigenvalue weighted by Gasteiger charge is 2.13. The van der Waals surface area contributed by atoms with Crippen LogP contribution in [0.25, 0.3) is 0 Å². The summed E-state index contributed by atoms with van der Waals surface area (Å²) in [5.74, 6) is 0.845. The predicted molar refractivity (Wildman–Crippen MR) is 94.9 cm³/mol. The standard InChI is InChI=1S/C17H17ClFNO3S/c1-22-14-10-13(15(23-2)9-11(14)18)20-17(21)7-8-24-16-6-4-3-5-12(16)19/h3-6,9-10H,7-8H2,1-2H3,(H,20,21). The van der Waals surface area contributed by atoms with Gasteiger partial charge in [-0.15, -0.1) is 11.8 Å². The van der Waals surface area contributed by atoms with Gasteiger partial charge >= 0.3 is 0 Å². The van der Waals surface area contributed by atoms with E-state index in [4.69, 9.17) is 21.1 Å². The third-order valence-electron chi connectivity index (χ3n) is 3.17. The number of anilines is 1. The molecule has 0 bridgehead atoms. The molecule has 0 aromatic heterocycles. The van der Waals surface area contributed by atoms with Crippen molar-refractivity contribution in [3.8, 4) is 11.5 Å². The van der Waals surface area contributed by atoms with Crippen molar-refractivity contribution < 1.29 is 18.7 Å². The second-order valence-electron chi connectivity index (χ2n) is 4.76. The largest absolute Gasteiger partial charge is 0.495 e. The zero-order valence-electron chi connectivity index (χ0n) is 13.3. The van der Waals surface area contributed by atoms with Crippen LogP contribution in [0.2, 0.25) is 5.02 Å². The minimum absolute atomic E-state index is 0.207. The van der Waals surface area contributed by atoms with Crippen LogP contribution >= 0.6 is 23.4 Å². The van der Waals surface area contributed by atoms with Gasteiger partial charge in [-0.25, -0.2) is 4.39 Å². The lowest BCUT2D eigenvalue weighted by atomic mass is 10.2. The van der Waals surface area contributed by atoms with E-state index >= 15 is 0 Å². The monoisotopic (exact) mass is 369 g/mol. The van der Waals surface area contributed by atoms with Gasteiger partial charge in [0.25, 0.3) is 0 Å². The molecule has 0 heterocycles. The van der Waals surface area contributed by atoms with E-state index < -0.39 is 0 Å². The Morgan fingerprint density at radius 3 is 2.58 bits per heavy atom. The van der Waals surface area contributed by atoms with Crippen molar-refractivity contribution in [3.63, 3.8) is 0 Å². The first-order valence-corrected chi connectivity index (χ1v) is 8.50. The van der Waals surface area contributed by atoms with Gasteiger partial charge < -0.3 is 14.8 Å². The number of carbonyl (C=O) groups excluding carboxylic acids is 1. The molecule has 0 aliphatic heterocycles. The van der Waals surface area contributed by atoms with Crippen LogP contribution < -0.4 is 14.8 Å². The van der Waals surface area contributed by atoms with E-state index in [1.165, 1.54) is 32.0 Å². The van der Waals surface area contributed by atoms with Gasteiger partial charge in [0.1, 0.15) is 17.3 Å². The van der Waals surface area contributed by atoms with E-state index in [9.17, 15) is 9.18 Å². The normalized spacial score (nSPS) is 10.3. The Morgan fingerprint density at radius 1 is 1.21 bits per heavy atom. The van der Waals surface area contributed by atoms with Crippen LogP contribution in [0.1, 0.15) is 6.42 Å². The Kier molecular flexibility index (Phi) is 6.75. The number of methoxy groups -OCH3 is 2. The minimum Gasteiger partial charge on any atom is -0.495 e. The highest BCUT2D eigenvalue weighted by Crippen LogP contribution is 2.36. The van der Waals surface area contributed by atoms with Crippen molar-refractivity contribution in [2.45, 2.75) is 11.3 Å². The zero-order chi connectivity index (χ0) is 17.5. The number of amides is 1. The van der Waals surface area contributed by atoms with Crippen molar-refractivity contribution in [2.24, 2.45) is 0 Å². The Balaban J connectivity index is 1.96. The van der Waals surface area contributed by atoms with Crippen LogP contribution in [0.5, 0.6) is 11.5 Å². The van der Waals surface area contributed by atoms with Gasteiger partial charge in [-0.05, 0) is 12.1 Å². The Bertz CT molecular complexity index is 727. The average Bonchev–Trinajstić information content (AvgIpc) is 2.57. The number of rotatable bonds is 7. The van der Waals surface area contributed by atoms with E-state index in [2.05, 4.69) is 5.32 Å². The number of hydrogen-bond acceptors (Lipinski definition) is 4. The van der Waals surface area contributed by atoms with Gasteiger partial charge in [0, 0.05) is 29.2 Å². The maximum Gasteiger partial charge on any atom is 0.225 e. The van der Waals surface area contributed by atoms with E-state index in [1.54, 1.807) is 30.3 Å². The summed E-state index contributed by atoms with van der Waals surface area (Å²) < 4.78 is 23.9. The fourth-order valence-electron chi connectivity index (χ4n) is 1.99. The van der Waals surface area contributed by atoms with Crippen molar-refractivity contribution >= 4 is 35.0 Å². The van der Waals surface area contributed by atoms with Gasteiger partial charge in [0.15, 0.2) is 0 Å². The molecule has 7 heteroatoms. The van der Waals surface area contributed by atoms with Gasteiger partial charge in [-0.3, -0.25) is 4.79 Å². The topological polar surface area (TPSA) is 47.6 Å². The molecular weight excluding hydrogens is 353 g/mol. The van der Waals surface area contributed by atoms with E-state index in [-0.39, 0.29) is 18.1 Å². The van der Waals surface area contributed by atoms with Crippen LogP contribution in [0, 0.1) is 5.82 Å². The Hall–Kier alpha value is -1.92. The molecule has 0 aliphatic rings. The quantitative estimate of drug-likeness (QED) is 0.723. The first kappa shape index (κ1) is 18.4. The van der Waals surface area contributed by atoms with Crippen LogP contribution in [0.15, 0.2) is 41.3 Å². The van der Waals surface area contributed by atoms with Gasteiger partial charge in [0.05, 0.1) is 24.9 Å². The number of thioether (sulfide) groups is 1. The molecule has 24 heavy (non-hydrogen) atoms. The second kappa shape index (κ2) is 8.80. The van der Waals surface area contributed by atoms with Crippen LogP contribution in [0.3, 0.4) is 0 Å². The number of hydrogen-bond donors (Lipinski definition) is 1. The fourth-order valence-corrected chi connectivity index (χ4v) is 3.11. The summed E-state index contributed by atoms with van der Waals surface area (Å²) in [5, 5.41) is 3.15. The highest BCUT2D eigenvalue weighted by molar-refractivity contribution is 7.99. The molecule has 4 nitrogen and oxygen atoms in total. The summed E-state index contributed by atoms with van der Waals surface area (Å²) in [7, 11) is 2.98. The first-order valence-electron chi connectivity index (χ1n) is 7.14. The molecule has 2 rings (SSSR count). The minimum atomic E-state index is -0.285. The van der Waals surface area contributed by atoms with E-state index in [1.807, 2.05) is 0 Å². The molecule has 0 aliphatic carbocycles. The highest BCUT2D eigenvalue weighted by atomic mass is 35.5. The lowest BCUT2D eigenvalue weighted by Gasteiger charge is -2.13. The van der Waals surface area contributed by atoms with Gasteiger partial charge in [-0.2, -0.15) is 0 Å². The number of nitrogens with one attached hydrogen (secondary N) is 1. The summed E-state index contributed by atoms with van der Waals surface area (Å²) in [6, 6.07) is 9.65. The summed E-state index contributed by atoms with van der Waals surface area (Å²) in [4.78, 5) is 12.6. The van der Waals surface area contributed by atoms with Crippen LogP contribution in [-0.4, -0.2) is 25.9 Å². The first-order chi connectivity index (χ1) is 11.5. The predicted octanol–water partition coefficient (Wildman–Crippen LogP) is 4.62. The third kappa shape index (κ3) is 4.79. The molecule has 0 radical (unpaired) electrons. The van der Waals surface area contributed by atoms with Crippen molar-refractivity contribution in [1.29, 1.82) is 0 Å². The summed E-state index contributed by atoms with van der Waals surface area (Å²) in [6.45, 7) is 0. The SMILES string of the molecule is COc1cc(NC(=O)CCSc2ccccc2F)c(OC)cc1Cl. The summed E-state index contributed by atoms with van der Waals surface area (Å²) in [5.41, 5.74) is 0.472. The van der Waals surface area contributed by atoms with E-state index in [0.29, 0.717) is 32.9 Å². The lowest BCUT2D eigenvalue weighted by Crippen LogP contribution is -2.13. The van der Waals surface area contributed by atoms with Crippen molar-refractivity contribution in [1.82, 2.24) is 0 Å².